The largest absolute Gasteiger partial charge is 0.478 e. The number of aromatic nitrogens is 1. The van der Waals surface area contributed by atoms with Gasteiger partial charge in [-0.15, -0.1) is 0 Å². The first-order valence-electron chi connectivity index (χ1n) is 6.52. The summed E-state index contributed by atoms with van der Waals surface area (Å²) in [5.41, 5.74) is -0.420. The van der Waals surface area contributed by atoms with Gasteiger partial charge in [-0.05, 0) is 33.3 Å². The second kappa shape index (κ2) is 6.76. The lowest BCUT2D eigenvalue weighted by atomic mass is 10.1. The molecule has 0 aliphatic carbocycles. The van der Waals surface area contributed by atoms with Crippen molar-refractivity contribution in [2.24, 2.45) is 0 Å². The van der Waals surface area contributed by atoms with Crippen molar-refractivity contribution in [3.63, 3.8) is 0 Å². The highest BCUT2D eigenvalue weighted by atomic mass is 35.5. The van der Waals surface area contributed by atoms with Crippen LogP contribution in [0.2, 0.25) is 5.02 Å². The maximum absolute atomic E-state index is 11.8. The fraction of sp³-hybridized carbons (Fsp3) is 0.500. The second-order valence-corrected chi connectivity index (χ2v) is 5.93. The number of carboxylic acids is 1. The molecule has 0 fully saturated rings. The van der Waals surface area contributed by atoms with Crippen LogP contribution in [0.4, 0.5) is 4.79 Å². The number of pyridine rings is 1. The van der Waals surface area contributed by atoms with E-state index in [9.17, 15) is 14.7 Å². The standard InChI is InChI=1S/C14H19ClN2O4/c1-5-10(17-13(20)21-14(2,3)4)11-9(12(18)19)6-8(15)7-16-11/h6-7,10H,5H2,1-4H3,(H,17,20)(H,18,19). The molecule has 0 aliphatic heterocycles. The number of rotatable bonds is 4. The number of nitrogens with zero attached hydrogens (tertiary/aromatic N) is 1. The number of amides is 1. The van der Waals surface area contributed by atoms with Gasteiger partial charge in [-0.3, -0.25) is 4.98 Å². The van der Waals surface area contributed by atoms with Gasteiger partial charge in [-0.2, -0.15) is 0 Å². The van der Waals surface area contributed by atoms with Gasteiger partial charge < -0.3 is 15.2 Å². The van der Waals surface area contributed by atoms with Crippen LogP contribution < -0.4 is 5.32 Å². The van der Waals surface area contributed by atoms with Gasteiger partial charge in [0, 0.05) is 6.20 Å². The molecule has 2 N–H and O–H groups in total. The lowest BCUT2D eigenvalue weighted by Crippen LogP contribution is -2.35. The quantitative estimate of drug-likeness (QED) is 0.889. The summed E-state index contributed by atoms with van der Waals surface area (Å²) in [6, 6.07) is 0.745. The van der Waals surface area contributed by atoms with Gasteiger partial charge in [-0.1, -0.05) is 18.5 Å². The molecule has 21 heavy (non-hydrogen) atoms. The van der Waals surface area contributed by atoms with Crippen LogP contribution >= 0.6 is 11.6 Å². The Kier molecular flexibility index (Phi) is 5.54. The molecular formula is C14H19ClN2O4. The highest BCUT2D eigenvalue weighted by Crippen LogP contribution is 2.22. The van der Waals surface area contributed by atoms with E-state index in [0.29, 0.717) is 6.42 Å². The minimum atomic E-state index is -1.15. The maximum atomic E-state index is 11.8. The topological polar surface area (TPSA) is 88.5 Å². The number of carboxylic acid groups (broad SMARTS) is 1. The predicted octanol–water partition coefficient (Wildman–Crippen LogP) is 3.41. The first-order valence-corrected chi connectivity index (χ1v) is 6.90. The lowest BCUT2D eigenvalue weighted by Gasteiger charge is -2.23. The minimum Gasteiger partial charge on any atom is -0.478 e. The molecule has 0 spiro atoms. The molecular weight excluding hydrogens is 296 g/mol. The normalized spacial score (nSPS) is 12.6. The number of nitrogens with one attached hydrogen (secondary N) is 1. The van der Waals surface area contributed by atoms with Gasteiger partial charge in [0.1, 0.15) is 5.60 Å². The molecule has 7 heteroatoms. The molecule has 0 aromatic carbocycles. The Morgan fingerprint density at radius 3 is 2.57 bits per heavy atom. The average Bonchev–Trinajstić information content (AvgIpc) is 2.34. The molecule has 0 bridgehead atoms. The van der Waals surface area contributed by atoms with Crippen LogP contribution in [0, 0.1) is 0 Å². The monoisotopic (exact) mass is 314 g/mol. The number of aromatic carboxylic acids is 1. The van der Waals surface area contributed by atoms with Crippen molar-refractivity contribution in [1.29, 1.82) is 0 Å². The third-order valence-corrected chi connectivity index (χ3v) is 2.75. The summed E-state index contributed by atoms with van der Waals surface area (Å²) in [7, 11) is 0. The van der Waals surface area contributed by atoms with Crippen molar-refractivity contribution in [2.75, 3.05) is 0 Å². The Bertz CT molecular complexity index is 540. The summed E-state index contributed by atoms with van der Waals surface area (Å²) in [5, 5.41) is 12.1. The van der Waals surface area contributed by atoms with Gasteiger partial charge in [0.15, 0.2) is 0 Å². The Balaban J connectivity index is 3.00. The van der Waals surface area contributed by atoms with Crippen LogP contribution in [0.1, 0.15) is 56.2 Å². The number of hydrogen-bond acceptors (Lipinski definition) is 4. The molecule has 1 unspecified atom stereocenters. The van der Waals surface area contributed by atoms with E-state index in [4.69, 9.17) is 16.3 Å². The number of carbonyl (C=O) groups excluding carboxylic acids is 1. The van der Waals surface area contributed by atoms with E-state index in [0.717, 1.165) is 0 Å². The van der Waals surface area contributed by atoms with E-state index in [1.165, 1.54) is 12.3 Å². The Labute approximate surface area is 128 Å². The molecule has 0 radical (unpaired) electrons. The van der Waals surface area contributed by atoms with Gasteiger partial charge in [0.25, 0.3) is 0 Å². The van der Waals surface area contributed by atoms with E-state index in [1.807, 2.05) is 6.92 Å². The molecule has 0 aliphatic rings. The highest BCUT2D eigenvalue weighted by Gasteiger charge is 2.24. The second-order valence-electron chi connectivity index (χ2n) is 5.50. The summed E-state index contributed by atoms with van der Waals surface area (Å²) in [5.74, 6) is -1.15. The summed E-state index contributed by atoms with van der Waals surface area (Å²) < 4.78 is 5.16. The average molecular weight is 315 g/mol. The van der Waals surface area contributed by atoms with Crippen LogP contribution in [0.3, 0.4) is 0 Å². The van der Waals surface area contributed by atoms with E-state index >= 15 is 0 Å². The summed E-state index contributed by atoms with van der Waals surface area (Å²) in [6.45, 7) is 7.05. The molecule has 1 aromatic heterocycles. The van der Waals surface area contributed by atoms with Crippen LogP contribution in [-0.2, 0) is 4.74 Å². The predicted molar refractivity (Wildman–Crippen MR) is 78.6 cm³/mol. The van der Waals surface area contributed by atoms with Crippen LogP contribution in [-0.4, -0.2) is 27.8 Å². The number of hydrogen-bond donors (Lipinski definition) is 2. The first kappa shape index (κ1) is 17.2. The SMILES string of the molecule is CCC(NC(=O)OC(C)(C)C)c1ncc(Cl)cc1C(=O)O. The van der Waals surface area contributed by atoms with Crippen molar-refractivity contribution >= 4 is 23.7 Å². The van der Waals surface area contributed by atoms with E-state index in [1.54, 1.807) is 20.8 Å². The van der Waals surface area contributed by atoms with Crippen molar-refractivity contribution < 1.29 is 19.4 Å². The molecule has 1 amide bonds. The van der Waals surface area contributed by atoms with E-state index < -0.39 is 23.7 Å². The van der Waals surface area contributed by atoms with E-state index in [2.05, 4.69) is 10.3 Å². The lowest BCUT2D eigenvalue weighted by molar-refractivity contribution is 0.0497. The van der Waals surface area contributed by atoms with E-state index in [-0.39, 0.29) is 16.3 Å². The molecule has 0 saturated heterocycles. The fourth-order valence-corrected chi connectivity index (χ4v) is 1.87. The third-order valence-electron chi connectivity index (χ3n) is 2.54. The van der Waals surface area contributed by atoms with Gasteiger partial charge >= 0.3 is 12.1 Å². The molecule has 1 atom stereocenters. The summed E-state index contributed by atoms with van der Waals surface area (Å²) >= 11 is 5.76. The zero-order valence-electron chi connectivity index (χ0n) is 12.4. The molecule has 116 valence electrons. The van der Waals surface area contributed by atoms with Crippen LogP contribution in [0.5, 0.6) is 0 Å². The maximum Gasteiger partial charge on any atom is 0.408 e. The van der Waals surface area contributed by atoms with Crippen molar-refractivity contribution in [2.45, 2.75) is 45.8 Å². The fourth-order valence-electron chi connectivity index (χ4n) is 1.71. The Morgan fingerprint density at radius 2 is 2.10 bits per heavy atom. The number of halogens is 1. The third kappa shape index (κ3) is 5.23. The van der Waals surface area contributed by atoms with Crippen LogP contribution in [0.15, 0.2) is 12.3 Å². The molecule has 6 nitrogen and oxygen atoms in total. The van der Waals surface area contributed by atoms with Gasteiger partial charge in [0.05, 0.1) is 22.3 Å². The molecule has 1 heterocycles. The number of alkyl carbamates (subject to hydrolysis) is 1. The summed E-state index contributed by atoms with van der Waals surface area (Å²) in [4.78, 5) is 27.1. The van der Waals surface area contributed by atoms with Gasteiger partial charge in [-0.25, -0.2) is 9.59 Å². The van der Waals surface area contributed by atoms with Crippen LogP contribution in [0.25, 0.3) is 0 Å². The van der Waals surface area contributed by atoms with Crippen molar-refractivity contribution in [1.82, 2.24) is 10.3 Å². The Morgan fingerprint density at radius 1 is 1.48 bits per heavy atom. The smallest absolute Gasteiger partial charge is 0.408 e. The zero-order valence-corrected chi connectivity index (χ0v) is 13.2. The minimum absolute atomic E-state index is 0.0367. The van der Waals surface area contributed by atoms with Gasteiger partial charge in [0.2, 0.25) is 0 Å². The first-order chi connectivity index (χ1) is 9.64. The van der Waals surface area contributed by atoms with Crippen molar-refractivity contribution in [3.05, 3.63) is 28.5 Å². The summed E-state index contributed by atoms with van der Waals surface area (Å²) in [6.07, 6.45) is 1.19. The van der Waals surface area contributed by atoms with Crippen molar-refractivity contribution in [3.8, 4) is 0 Å². The Hall–Kier alpha value is -1.82. The highest BCUT2D eigenvalue weighted by molar-refractivity contribution is 6.30. The molecule has 0 saturated carbocycles. The molecule has 1 aromatic rings. The number of carbonyl (C=O) groups is 2. The molecule has 1 rings (SSSR count). The number of ether oxygens (including phenoxy) is 1. The zero-order chi connectivity index (χ0) is 16.2.